The van der Waals surface area contributed by atoms with Gasteiger partial charge in [0, 0.05) is 50.6 Å². The summed E-state index contributed by atoms with van der Waals surface area (Å²) in [5.41, 5.74) is 9.74. The smallest absolute Gasteiger partial charge is 0.0562 e. The fourth-order valence-corrected chi connectivity index (χ4v) is 6.94. The van der Waals surface area contributed by atoms with Crippen LogP contribution < -0.4 is 0 Å². The second kappa shape index (κ2) is 7.87. The highest BCUT2D eigenvalue weighted by Crippen LogP contribution is 2.40. The Labute approximate surface area is 230 Å². The number of aromatic nitrogens is 3. The van der Waals surface area contributed by atoms with Gasteiger partial charge in [0.1, 0.15) is 0 Å². The Balaban J connectivity index is 1.44. The van der Waals surface area contributed by atoms with Crippen LogP contribution in [0.15, 0.2) is 133 Å². The number of rotatable bonds is 2. The second-order valence-electron chi connectivity index (χ2n) is 10.7. The van der Waals surface area contributed by atoms with Crippen molar-refractivity contribution < 1.29 is 0 Å². The standard InChI is InChI=1S/C37H25N3/c1-38-30-15-6-5-14-29(30)37-34(38)19-10-20-35(37)40-33-18-9-4-13-27(33)28-22-21-24(23-36(28)40)39-31-16-7-2-11-25(31)26-12-3-8-17-32(26)39/h2-23H,1H3. The van der Waals surface area contributed by atoms with Crippen molar-refractivity contribution in [1.82, 2.24) is 13.7 Å². The van der Waals surface area contributed by atoms with Gasteiger partial charge in [-0.1, -0.05) is 84.9 Å². The summed E-state index contributed by atoms with van der Waals surface area (Å²) in [5, 5.41) is 7.64. The van der Waals surface area contributed by atoms with Crippen LogP contribution in [0.4, 0.5) is 0 Å². The summed E-state index contributed by atoms with van der Waals surface area (Å²) in [5.74, 6) is 0. The number of fused-ring (bicyclic) bond motifs is 9. The Morgan fingerprint density at radius 2 is 0.875 bits per heavy atom. The van der Waals surface area contributed by atoms with E-state index in [1.165, 1.54) is 76.8 Å². The maximum absolute atomic E-state index is 2.47. The van der Waals surface area contributed by atoms with Crippen molar-refractivity contribution in [2.75, 3.05) is 0 Å². The topological polar surface area (TPSA) is 14.8 Å². The van der Waals surface area contributed by atoms with Crippen LogP contribution in [-0.2, 0) is 7.05 Å². The lowest BCUT2D eigenvalue weighted by Gasteiger charge is -2.12. The first-order valence-electron chi connectivity index (χ1n) is 13.8. The normalized spacial score (nSPS) is 12.1. The van der Waals surface area contributed by atoms with E-state index in [1.807, 2.05) is 0 Å². The largest absolute Gasteiger partial charge is 0.344 e. The van der Waals surface area contributed by atoms with E-state index in [2.05, 4.69) is 154 Å². The molecule has 0 spiro atoms. The fourth-order valence-electron chi connectivity index (χ4n) is 6.94. The first-order chi connectivity index (χ1) is 19.8. The number of hydrogen-bond donors (Lipinski definition) is 0. The van der Waals surface area contributed by atoms with E-state index >= 15 is 0 Å². The Morgan fingerprint density at radius 3 is 1.52 bits per heavy atom. The van der Waals surface area contributed by atoms with Gasteiger partial charge in [-0.25, -0.2) is 0 Å². The molecule has 3 nitrogen and oxygen atoms in total. The molecule has 0 aliphatic rings. The minimum absolute atomic E-state index is 1.17. The molecule has 0 bridgehead atoms. The number of benzene rings is 6. The SMILES string of the molecule is Cn1c2ccccc2c2c(-n3c4ccccc4c4ccc(-n5c6ccccc6c6ccccc65)cc43)cccc21. The molecule has 3 aromatic heterocycles. The van der Waals surface area contributed by atoms with E-state index in [4.69, 9.17) is 0 Å². The first-order valence-corrected chi connectivity index (χ1v) is 13.8. The van der Waals surface area contributed by atoms with Crippen molar-refractivity contribution in [2.45, 2.75) is 0 Å². The monoisotopic (exact) mass is 511 g/mol. The predicted molar refractivity (Wildman–Crippen MR) is 169 cm³/mol. The van der Waals surface area contributed by atoms with Crippen LogP contribution in [0.2, 0.25) is 0 Å². The zero-order valence-corrected chi connectivity index (χ0v) is 22.0. The van der Waals surface area contributed by atoms with Crippen molar-refractivity contribution in [3.63, 3.8) is 0 Å². The molecule has 3 heteroatoms. The Kier molecular flexibility index (Phi) is 4.26. The molecule has 0 atom stereocenters. The highest BCUT2D eigenvalue weighted by Gasteiger charge is 2.19. The number of nitrogens with zero attached hydrogens (tertiary/aromatic N) is 3. The fraction of sp³-hybridized carbons (Fsp3) is 0.0270. The van der Waals surface area contributed by atoms with E-state index in [0.717, 1.165) is 0 Å². The van der Waals surface area contributed by atoms with Crippen molar-refractivity contribution in [1.29, 1.82) is 0 Å². The predicted octanol–water partition coefficient (Wildman–Crippen LogP) is 9.53. The maximum atomic E-state index is 2.47. The van der Waals surface area contributed by atoms with E-state index in [9.17, 15) is 0 Å². The highest BCUT2D eigenvalue weighted by molar-refractivity contribution is 6.16. The molecule has 3 heterocycles. The van der Waals surface area contributed by atoms with E-state index in [1.54, 1.807) is 0 Å². The molecule has 0 radical (unpaired) electrons. The van der Waals surface area contributed by atoms with Crippen LogP contribution >= 0.6 is 0 Å². The average Bonchev–Trinajstić information content (AvgIpc) is 3.63. The highest BCUT2D eigenvalue weighted by atomic mass is 15.0. The molecule has 0 amide bonds. The van der Waals surface area contributed by atoms with E-state index < -0.39 is 0 Å². The minimum atomic E-state index is 1.17. The molecule has 0 unspecified atom stereocenters. The Morgan fingerprint density at radius 1 is 0.375 bits per heavy atom. The number of para-hydroxylation sites is 4. The van der Waals surface area contributed by atoms with Crippen LogP contribution in [0, 0.1) is 0 Å². The summed E-state index contributed by atoms with van der Waals surface area (Å²) in [4.78, 5) is 0. The molecule has 9 aromatic rings. The Bertz CT molecular complexity index is 2390. The van der Waals surface area contributed by atoms with Crippen LogP contribution in [0.1, 0.15) is 0 Å². The third-order valence-corrected chi connectivity index (χ3v) is 8.65. The second-order valence-corrected chi connectivity index (χ2v) is 10.7. The molecule has 0 N–H and O–H groups in total. The lowest BCUT2D eigenvalue weighted by molar-refractivity contribution is 1.01. The van der Waals surface area contributed by atoms with Crippen LogP contribution in [-0.4, -0.2) is 13.7 Å². The van der Waals surface area contributed by atoms with Gasteiger partial charge < -0.3 is 13.7 Å². The summed E-state index contributed by atoms with van der Waals surface area (Å²) in [6.45, 7) is 0. The van der Waals surface area contributed by atoms with Crippen LogP contribution in [0.3, 0.4) is 0 Å². The zero-order valence-electron chi connectivity index (χ0n) is 22.0. The number of aryl methyl sites for hydroxylation is 1. The van der Waals surface area contributed by atoms with Crippen LogP contribution in [0.25, 0.3) is 76.8 Å². The molecular formula is C37H25N3. The molecule has 6 aromatic carbocycles. The quantitative estimate of drug-likeness (QED) is 0.219. The molecular weight excluding hydrogens is 486 g/mol. The van der Waals surface area contributed by atoms with Gasteiger partial charge in [-0.05, 0) is 48.5 Å². The van der Waals surface area contributed by atoms with Gasteiger partial charge in [0.05, 0.1) is 33.3 Å². The van der Waals surface area contributed by atoms with Gasteiger partial charge in [0.15, 0.2) is 0 Å². The first kappa shape index (κ1) is 21.6. The molecule has 0 saturated heterocycles. The molecule has 0 saturated carbocycles. The molecule has 40 heavy (non-hydrogen) atoms. The van der Waals surface area contributed by atoms with Gasteiger partial charge in [-0.3, -0.25) is 0 Å². The average molecular weight is 512 g/mol. The van der Waals surface area contributed by atoms with Gasteiger partial charge in [0.25, 0.3) is 0 Å². The molecule has 0 aliphatic carbocycles. The van der Waals surface area contributed by atoms with Crippen molar-refractivity contribution in [3.8, 4) is 11.4 Å². The third-order valence-electron chi connectivity index (χ3n) is 8.65. The molecule has 9 rings (SSSR count). The van der Waals surface area contributed by atoms with Crippen molar-refractivity contribution in [3.05, 3.63) is 133 Å². The molecule has 0 fully saturated rings. The van der Waals surface area contributed by atoms with Gasteiger partial charge in [-0.2, -0.15) is 0 Å². The van der Waals surface area contributed by atoms with Gasteiger partial charge in [0.2, 0.25) is 0 Å². The summed E-state index contributed by atoms with van der Waals surface area (Å²) < 4.78 is 7.19. The van der Waals surface area contributed by atoms with Crippen molar-refractivity contribution >= 4 is 65.4 Å². The summed E-state index contributed by atoms with van der Waals surface area (Å²) in [7, 11) is 2.17. The lowest BCUT2D eigenvalue weighted by atomic mass is 10.1. The third kappa shape index (κ3) is 2.73. The van der Waals surface area contributed by atoms with E-state index in [0.29, 0.717) is 0 Å². The van der Waals surface area contributed by atoms with E-state index in [-0.39, 0.29) is 0 Å². The molecule has 0 aliphatic heterocycles. The van der Waals surface area contributed by atoms with Crippen LogP contribution in [0.5, 0.6) is 0 Å². The zero-order chi connectivity index (χ0) is 26.4. The molecule has 188 valence electrons. The lowest BCUT2D eigenvalue weighted by Crippen LogP contribution is -1.97. The van der Waals surface area contributed by atoms with Gasteiger partial charge in [-0.15, -0.1) is 0 Å². The van der Waals surface area contributed by atoms with Gasteiger partial charge >= 0.3 is 0 Å². The maximum Gasteiger partial charge on any atom is 0.0562 e. The summed E-state index contributed by atoms with van der Waals surface area (Å²) >= 11 is 0. The number of hydrogen-bond acceptors (Lipinski definition) is 0. The summed E-state index contributed by atoms with van der Waals surface area (Å²) in [6, 6.07) is 48.6. The Hall–Kier alpha value is -5.28. The minimum Gasteiger partial charge on any atom is -0.344 e. The summed E-state index contributed by atoms with van der Waals surface area (Å²) in [6.07, 6.45) is 0. The van der Waals surface area contributed by atoms with Crippen molar-refractivity contribution in [2.24, 2.45) is 7.05 Å².